The molecule has 2 heterocycles. The first-order valence-electron chi connectivity index (χ1n) is 9.37. The lowest BCUT2D eigenvalue weighted by Gasteiger charge is -2.09. The second-order valence-corrected chi connectivity index (χ2v) is 7.39. The largest absolute Gasteiger partial charge is 0.495 e. The molecule has 0 aliphatic heterocycles. The highest BCUT2D eigenvalue weighted by Gasteiger charge is 2.07. The summed E-state index contributed by atoms with van der Waals surface area (Å²) >= 11 is 5.48. The van der Waals surface area contributed by atoms with E-state index in [1.165, 1.54) is 12.1 Å². The summed E-state index contributed by atoms with van der Waals surface area (Å²) in [4.78, 5) is 7.48. The van der Waals surface area contributed by atoms with Gasteiger partial charge in [-0.1, -0.05) is 24.8 Å². The summed E-state index contributed by atoms with van der Waals surface area (Å²) in [5, 5.41) is 1.58. The molecule has 5 nitrogen and oxygen atoms in total. The molecule has 0 amide bonds. The van der Waals surface area contributed by atoms with Gasteiger partial charge in [-0.05, 0) is 60.6 Å². The standard InChI is InChI=1S/C23H21FN4OS/c1-15-12-27(14-25-15)21-9-6-18(11-22(21)29-3)10-20-16(2)28(23(30)26-20)13-17-4-7-19(24)8-5-17/h4-12,14H,2,13H2,1,3H3,(H,26,30)/b20-10-. The van der Waals surface area contributed by atoms with Gasteiger partial charge in [-0.15, -0.1) is 0 Å². The van der Waals surface area contributed by atoms with Gasteiger partial charge in [-0.25, -0.2) is 9.37 Å². The van der Waals surface area contributed by atoms with E-state index in [-0.39, 0.29) is 5.82 Å². The fraction of sp³-hybridized carbons (Fsp3) is 0.130. The minimum atomic E-state index is -0.261. The number of H-pyrrole nitrogens is 1. The summed E-state index contributed by atoms with van der Waals surface area (Å²) in [5.41, 5.74) is 3.74. The summed E-state index contributed by atoms with van der Waals surface area (Å²) < 4.78 is 23.1. The Morgan fingerprint density at radius 1 is 1.23 bits per heavy atom. The number of ether oxygens (including phenoxy) is 1. The molecule has 4 aromatic rings. The molecule has 0 aliphatic rings. The number of methoxy groups -OCH3 is 1. The van der Waals surface area contributed by atoms with Crippen molar-refractivity contribution in [2.75, 3.05) is 7.11 Å². The Hall–Kier alpha value is -3.45. The first-order chi connectivity index (χ1) is 14.4. The summed E-state index contributed by atoms with van der Waals surface area (Å²) in [7, 11) is 1.64. The fourth-order valence-corrected chi connectivity index (χ4v) is 3.58. The van der Waals surface area contributed by atoms with E-state index in [1.54, 1.807) is 25.6 Å². The van der Waals surface area contributed by atoms with Crippen LogP contribution in [0, 0.1) is 17.5 Å². The molecule has 4 rings (SSSR count). The van der Waals surface area contributed by atoms with Gasteiger partial charge < -0.3 is 18.9 Å². The van der Waals surface area contributed by atoms with Crippen molar-refractivity contribution in [2.24, 2.45) is 0 Å². The van der Waals surface area contributed by atoms with Crippen LogP contribution in [0.3, 0.4) is 0 Å². The number of aromatic amines is 1. The number of nitrogens with one attached hydrogen (secondary N) is 1. The first-order valence-corrected chi connectivity index (χ1v) is 9.78. The van der Waals surface area contributed by atoms with Crippen LogP contribution < -0.4 is 15.4 Å². The molecule has 152 valence electrons. The van der Waals surface area contributed by atoms with Crippen molar-refractivity contribution in [1.29, 1.82) is 0 Å². The molecule has 0 radical (unpaired) electrons. The number of aromatic nitrogens is 4. The lowest BCUT2D eigenvalue weighted by Crippen LogP contribution is -2.29. The fourth-order valence-electron chi connectivity index (χ4n) is 3.30. The van der Waals surface area contributed by atoms with Gasteiger partial charge in [0.05, 0.1) is 42.1 Å². The zero-order chi connectivity index (χ0) is 21.3. The second-order valence-electron chi connectivity index (χ2n) is 7.00. The maximum atomic E-state index is 13.2. The zero-order valence-electron chi connectivity index (χ0n) is 16.7. The van der Waals surface area contributed by atoms with Gasteiger partial charge in [0.1, 0.15) is 11.6 Å². The second kappa shape index (κ2) is 8.12. The average Bonchev–Trinajstić information content (AvgIpc) is 3.28. The normalized spacial score (nSPS) is 11.8. The van der Waals surface area contributed by atoms with Crippen molar-refractivity contribution in [2.45, 2.75) is 13.5 Å². The van der Waals surface area contributed by atoms with E-state index in [9.17, 15) is 4.39 Å². The number of halogens is 1. The van der Waals surface area contributed by atoms with Crippen molar-refractivity contribution < 1.29 is 9.13 Å². The van der Waals surface area contributed by atoms with Gasteiger partial charge in [0.15, 0.2) is 4.77 Å². The van der Waals surface area contributed by atoms with E-state index in [2.05, 4.69) is 16.5 Å². The van der Waals surface area contributed by atoms with Gasteiger partial charge in [0.25, 0.3) is 0 Å². The monoisotopic (exact) mass is 420 g/mol. The zero-order valence-corrected chi connectivity index (χ0v) is 17.5. The van der Waals surface area contributed by atoms with Crippen LogP contribution >= 0.6 is 12.2 Å². The van der Waals surface area contributed by atoms with E-state index in [1.807, 2.05) is 46.5 Å². The molecule has 1 N–H and O–H groups in total. The average molecular weight is 421 g/mol. The lowest BCUT2D eigenvalue weighted by molar-refractivity contribution is 0.413. The maximum absolute atomic E-state index is 13.2. The lowest BCUT2D eigenvalue weighted by atomic mass is 10.1. The molecule has 0 spiro atoms. The topological polar surface area (TPSA) is 47.8 Å². The van der Waals surface area contributed by atoms with Gasteiger partial charge in [0.2, 0.25) is 0 Å². The van der Waals surface area contributed by atoms with Crippen LogP contribution in [0.2, 0.25) is 0 Å². The van der Waals surface area contributed by atoms with Crippen LogP contribution in [0.1, 0.15) is 16.8 Å². The van der Waals surface area contributed by atoms with Crippen molar-refractivity contribution >= 4 is 24.9 Å². The molecule has 0 fully saturated rings. The number of nitrogens with zero attached hydrogens (tertiary/aromatic N) is 3. The van der Waals surface area contributed by atoms with Crippen molar-refractivity contribution in [3.63, 3.8) is 0 Å². The molecule has 2 aromatic heterocycles. The Morgan fingerprint density at radius 3 is 2.67 bits per heavy atom. The predicted octanol–water partition coefficient (Wildman–Crippen LogP) is 3.47. The Morgan fingerprint density at radius 2 is 2.00 bits per heavy atom. The summed E-state index contributed by atoms with van der Waals surface area (Å²) in [5.74, 6) is 0.472. The molecule has 7 heteroatoms. The highest BCUT2D eigenvalue weighted by atomic mass is 32.1. The number of hydrogen-bond acceptors (Lipinski definition) is 3. The highest BCUT2D eigenvalue weighted by Crippen LogP contribution is 2.24. The van der Waals surface area contributed by atoms with Crippen LogP contribution in [0.4, 0.5) is 4.39 Å². The Labute approximate surface area is 178 Å². The Balaban J connectivity index is 1.71. The molecular weight excluding hydrogens is 399 g/mol. The summed E-state index contributed by atoms with van der Waals surface area (Å²) in [6.45, 7) is 6.64. The predicted molar refractivity (Wildman–Crippen MR) is 118 cm³/mol. The van der Waals surface area contributed by atoms with Crippen LogP contribution in [-0.2, 0) is 6.54 Å². The van der Waals surface area contributed by atoms with Crippen molar-refractivity contribution in [3.8, 4) is 11.4 Å². The summed E-state index contributed by atoms with van der Waals surface area (Å²) in [6.07, 6.45) is 5.68. The molecular formula is C23H21FN4OS. The molecule has 0 aliphatic carbocycles. The Kier molecular flexibility index (Phi) is 5.37. The van der Waals surface area contributed by atoms with Crippen molar-refractivity contribution in [1.82, 2.24) is 19.1 Å². The molecule has 0 saturated heterocycles. The van der Waals surface area contributed by atoms with Crippen molar-refractivity contribution in [3.05, 3.63) is 93.1 Å². The van der Waals surface area contributed by atoms with E-state index >= 15 is 0 Å². The quantitative estimate of drug-likeness (QED) is 0.503. The SMILES string of the molecule is C=c1/c(=C/c2ccc(-n3cnc(C)c3)c(OC)c2)[nH]c(=S)n1Cc1ccc(F)cc1. The molecule has 0 unspecified atom stereocenters. The third kappa shape index (κ3) is 3.97. The Bertz CT molecular complexity index is 1370. The van der Waals surface area contributed by atoms with Crippen LogP contribution in [0.25, 0.3) is 18.3 Å². The van der Waals surface area contributed by atoms with Gasteiger partial charge >= 0.3 is 0 Å². The number of aryl methyl sites for hydroxylation is 1. The van der Waals surface area contributed by atoms with Gasteiger partial charge in [-0.2, -0.15) is 0 Å². The smallest absolute Gasteiger partial charge is 0.178 e. The minimum absolute atomic E-state index is 0.261. The maximum Gasteiger partial charge on any atom is 0.178 e. The minimum Gasteiger partial charge on any atom is -0.495 e. The van der Waals surface area contributed by atoms with E-state index in [0.717, 1.165) is 39.0 Å². The number of rotatable bonds is 5. The van der Waals surface area contributed by atoms with Gasteiger partial charge in [-0.3, -0.25) is 0 Å². The number of imidazole rings is 2. The van der Waals surface area contributed by atoms with E-state index in [0.29, 0.717) is 11.3 Å². The third-order valence-electron chi connectivity index (χ3n) is 4.88. The van der Waals surface area contributed by atoms with Crippen LogP contribution in [-0.4, -0.2) is 26.2 Å². The summed E-state index contributed by atoms with van der Waals surface area (Å²) in [6, 6.07) is 12.3. The molecule has 0 atom stereocenters. The molecule has 2 aromatic carbocycles. The number of hydrogen-bond donors (Lipinski definition) is 1. The van der Waals surface area contributed by atoms with E-state index < -0.39 is 0 Å². The highest BCUT2D eigenvalue weighted by molar-refractivity contribution is 7.71. The van der Waals surface area contributed by atoms with E-state index in [4.69, 9.17) is 17.0 Å². The molecule has 0 bridgehead atoms. The van der Waals surface area contributed by atoms with Gasteiger partial charge in [0, 0.05) is 6.20 Å². The first kappa shape index (κ1) is 19.8. The van der Waals surface area contributed by atoms with Crippen LogP contribution in [0.15, 0.2) is 55.0 Å². The number of benzene rings is 2. The molecule has 0 saturated carbocycles. The third-order valence-corrected chi connectivity index (χ3v) is 5.20. The molecule has 30 heavy (non-hydrogen) atoms. The van der Waals surface area contributed by atoms with Crippen LogP contribution in [0.5, 0.6) is 5.75 Å².